The van der Waals surface area contributed by atoms with Crippen LogP contribution in [0.4, 0.5) is 5.69 Å². The number of nitrogen functional groups attached to an aromatic ring is 1. The Hall–Kier alpha value is -5.26. The zero-order valence-electron chi connectivity index (χ0n) is 22.6. The van der Waals surface area contributed by atoms with Crippen molar-refractivity contribution in [2.24, 2.45) is 5.73 Å². The van der Waals surface area contributed by atoms with E-state index in [1.54, 1.807) is 80.8 Å². The molecule has 0 aliphatic carbocycles. The number of benzene rings is 3. The fourth-order valence-corrected chi connectivity index (χ4v) is 3.91. The number of carbonyl (C=O) groups excluding carboxylic acids is 1. The van der Waals surface area contributed by atoms with Crippen LogP contribution in [0.5, 0.6) is 17.2 Å². The highest BCUT2D eigenvalue weighted by Crippen LogP contribution is 2.33. The maximum absolute atomic E-state index is 13.0. The molecule has 4 rings (SSSR count). The summed E-state index contributed by atoms with van der Waals surface area (Å²) in [5.74, 6) is 1.36. The zero-order chi connectivity index (χ0) is 28.8. The lowest BCUT2D eigenvalue weighted by Crippen LogP contribution is -2.27. The Morgan fingerprint density at radius 3 is 2.40 bits per heavy atom. The molecule has 1 amide bonds. The summed E-state index contributed by atoms with van der Waals surface area (Å²) in [4.78, 5) is 29.3. The van der Waals surface area contributed by atoms with Gasteiger partial charge in [-0.25, -0.2) is 4.79 Å². The van der Waals surface area contributed by atoms with Gasteiger partial charge in [0.2, 0.25) is 0 Å². The Bertz CT molecular complexity index is 1560. The number of nitrogens with zero attached hydrogens (tertiary/aromatic N) is 3. The normalized spacial score (nSPS) is 11.4. The van der Waals surface area contributed by atoms with E-state index in [0.717, 1.165) is 0 Å². The Morgan fingerprint density at radius 2 is 1.75 bits per heavy atom. The van der Waals surface area contributed by atoms with Gasteiger partial charge < -0.3 is 30.2 Å². The van der Waals surface area contributed by atoms with Gasteiger partial charge in [-0.15, -0.1) is 5.10 Å². The molecule has 1 aromatic heterocycles. The number of aromatic nitrogens is 3. The van der Waals surface area contributed by atoms with Gasteiger partial charge in [0.1, 0.15) is 23.3 Å². The van der Waals surface area contributed by atoms with Crippen LogP contribution in [-0.4, -0.2) is 66.3 Å². The van der Waals surface area contributed by atoms with E-state index in [2.05, 4.69) is 15.4 Å². The highest BCUT2D eigenvalue weighted by atomic mass is 16.5. The molecule has 1 atom stereocenters. The quantitative estimate of drug-likeness (QED) is 0.165. The molecule has 4 aromatic rings. The number of aromatic amines is 1. The molecule has 0 saturated carbocycles. The van der Waals surface area contributed by atoms with Gasteiger partial charge >= 0.3 is 5.69 Å². The molecule has 0 aliphatic rings. The molecule has 208 valence electrons. The highest BCUT2D eigenvalue weighted by molar-refractivity contribution is 5.95. The van der Waals surface area contributed by atoms with Crippen molar-refractivity contribution >= 4 is 17.4 Å². The number of likely N-dealkylation sites (N-methyl/N-ethyl adjacent to an activating group) is 1. The number of amides is 1. The number of H-pyrrole nitrogens is 1. The molecule has 12 nitrogen and oxygen atoms in total. The van der Waals surface area contributed by atoms with E-state index in [0.29, 0.717) is 45.6 Å². The average molecular weight is 546 g/mol. The molecule has 1 heterocycles. The molecule has 40 heavy (non-hydrogen) atoms. The second kappa shape index (κ2) is 12.1. The van der Waals surface area contributed by atoms with Crippen LogP contribution in [0.25, 0.3) is 5.69 Å². The summed E-state index contributed by atoms with van der Waals surface area (Å²) in [6, 6.07) is 18.7. The van der Waals surface area contributed by atoms with E-state index < -0.39 is 11.7 Å². The Morgan fingerprint density at radius 1 is 1.05 bits per heavy atom. The number of para-hydroxylation sites is 2. The number of nitrogens with one attached hydrogen (secondary N) is 3. The summed E-state index contributed by atoms with van der Waals surface area (Å²) in [7, 11) is 6.32. The molecule has 0 aliphatic heterocycles. The molecule has 5 N–H and O–H groups in total. The van der Waals surface area contributed by atoms with Crippen LogP contribution in [0, 0.1) is 5.41 Å². The standard InChI is InChI=1S/C28H31N7O5/c1-34(2)24(36)16-40-22-14-11-18(15-23(22)39-4)25(31-19-12-9-17(10-13-19)26(29)30)27-32-28(37)35(33-27)20-7-5-6-8-21(20)38-3/h5-15,25,31H,16H2,1-4H3,(H3,29,30)(H,32,33,37). The van der Waals surface area contributed by atoms with Crippen LogP contribution in [0.3, 0.4) is 0 Å². The van der Waals surface area contributed by atoms with E-state index in [1.165, 1.54) is 23.8 Å². The van der Waals surface area contributed by atoms with E-state index >= 15 is 0 Å². The van der Waals surface area contributed by atoms with Crippen molar-refractivity contribution in [1.29, 1.82) is 5.41 Å². The van der Waals surface area contributed by atoms with Crippen LogP contribution in [-0.2, 0) is 4.79 Å². The molecule has 3 aromatic carbocycles. The monoisotopic (exact) mass is 545 g/mol. The van der Waals surface area contributed by atoms with Gasteiger partial charge in [0.15, 0.2) is 23.9 Å². The Kier molecular flexibility index (Phi) is 8.38. The SMILES string of the molecule is COc1cc(C(Nc2ccc(C(=N)N)cc2)c2nn(-c3ccccc3OC)c(=O)[nH]2)ccc1OCC(=O)N(C)C. The number of hydrogen-bond donors (Lipinski definition) is 4. The van der Waals surface area contributed by atoms with Gasteiger partial charge in [0.25, 0.3) is 5.91 Å². The number of anilines is 1. The van der Waals surface area contributed by atoms with Crippen molar-refractivity contribution in [3.8, 4) is 22.9 Å². The molecular weight excluding hydrogens is 514 g/mol. The van der Waals surface area contributed by atoms with E-state index in [9.17, 15) is 9.59 Å². The van der Waals surface area contributed by atoms with Crippen molar-refractivity contribution in [1.82, 2.24) is 19.7 Å². The lowest BCUT2D eigenvalue weighted by atomic mass is 10.0. The van der Waals surface area contributed by atoms with Gasteiger partial charge in [-0.05, 0) is 54.1 Å². The summed E-state index contributed by atoms with van der Waals surface area (Å²) in [5.41, 5.74) is 7.59. The third-order valence-corrected chi connectivity index (χ3v) is 6.10. The number of methoxy groups -OCH3 is 2. The molecule has 0 bridgehead atoms. The smallest absolute Gasteiger partial charge is 0.348 e. The summed E-state index contributed by atoms with van der Waals surface area (Å²) in [6.07, 6.45) is 0. The first-order valence-electron chi connectivity index (χ1n) is 12.3. The maximum atomic E-state index is 13.0. The average Bonchev–Trinajstić information content (AvgIpc) is 3.35. The summed E-state index contributed by atoms with van der Waals surface area (Å²) in [6.45, 7) is -0.149. The topological polar surface area (TPSA) is 161 Å². The van der Waals surface area contributed by atoms with Crippen molar-refractivity contribution in [3.63, 3.8) is 0 Å². The lowest BCUT2D eigenvalue weighted by Gasteiger charge is -2.20. The van der Waals surface area contributed by atoms with Crippen LogP contribution >= 0.6 is 0 Å². The van der Waals surface area contributed by atoms with E-state index in [-0.39, 0.29) is 18.3 Å². The fourth-order valence-electron chi connectivity index (χ4n) is 3.91. The van der Waals surface area contributed by atoms with Gasteiger partial charge in [-0.2, -0.15) is 4.68 Å². The molecule has 0 saturated heterocycles. The molecule has 0 radical (unpaired) electrons. The summed E-state index contributed by atoms with van der Waals surface area (Å²) < 4.78 is 17.9. The minimum atomic E-state index is -0.641. The van der Waals surface area contributed by atoms with Gasteiger partial charge in [-0.3, -0.25) is 15.2 Å². The first-order chi connectivity index (χ1) is 19.2. The van der Waals surface area contributed by atoms with Crippen molar-refractivity contribution in [2.45, 2.75) is 6.04 Å². The van der Waals surface area contributed by atoms with E-state index in [4.69, 9.17) is 25.4 Å². The summed E-state index contributed by atoms with van der Waals surface area (Å²) in [5, 5.41) is 15.6. The van der Waals surface area contributed by atoms with Crippen molar-refractivity contribution < 1.29 is 19.0 Å². The fraction of sp³-hybridized carbons (Fsp3) is 0.214. The zero-order valence-corrected chi connectivity index (χ0v) is 22.6. The minimum absolute atomic E-state index is 0.0453. The first kappa shape index (κ1) is 27.8. The largest absolute Gasteiger partial charge is 0.494 e. The van der Waals surface area contributed by atoms with Crippen molar-refractivity contribution in [2.75, 3.05) is 40.2 Å². The van der Waals surface area contributed by atoms with Crippen molar-refractivity contribution in [3.05, 3.63) is 94.2 Å². The van der Waals surface area contributed by atoms with Crippen LogP contribution in [0.2, 0.25) is 0 Å². The highest BCUT2D eigenvalue weighted by Gasteiger charge is 2.23. The molecule has 0 fully saturated rings. The number of nitrogens with two attached hydrogens (primary N) is 1. The minimum Gasteiger partial charge on any atom is -0.494 e. The van der Waals surface area contributed by atoms with Gasteiger partial charge in [0, 0.05) is 25.3 Å². The summed E-state index contributed by atoms with van der Waals surface area (Å²) >= 11 is 0. The Balaban J connectivity index is 1.75. The number of carbonyl (C=O) groups is 1. The van der Waals surface area contributed by atoms with E-state index in [1.807, 2.05) is 0 Å². The third kappa shape index (κ3) is 6.07. The number of amidine groups is 1. The first-order valence-corrected chi connectivity index (χ1v) is 12.3. The predicted molar refractivity (Wildman–Crippen MR) is 151 cm³/mol. The second-order valence-electron chi connectivity index (χ2n) is 8.95. The number of hydrogen-bond acceptors (Lipinski definition) is 8. The second-order valence-corrected chi connectivity index (χ2v) is 8.95. The van der Waals surface area contributed by atoms with Gasteiger partial charge in [0.05, 0.1) is 14.2 Å². The predicted octanol–water partition coefficient (Wildman–Crippen LogP) is 2.53. The van der Waals surface area contributed by atoms with Crippen LogP contribution in [0.1, 0.15) is 23.0 Å². The number of rotatable bonds is 11. The van der Waals surface area contributed by atoms with Crippen LogP contribution < -0.4 is 31.0 Å². The molecular formula is C28H31N7O5. The number of ether oxygens (including phenoxy) is 3. The maximum Gasteiger partial charge on any atom is 0.348 e. The lowest BCUT2D eigenvalue weighted by molar-refractivity contribution is -0.130. The molecule has 0 spiro atoms. The molecule has 1 unspecified atom stereocenters. The molecule has 12 heteroatoms. The van der Waals surface area contributed by atoms with Crippen LogP contribution in [0.15, 0.2) is 71.5 Å². The third-order valence-electron chi connectivity index (χ3n) is 6.10. The van der Waals surface area contributed by atoms with Gasteiger partial charge in [-0.1, -0.05) is 18.2 Å². The Labute approximate surface area is 230 Å².